The molecule has 0 aliphatic rings. The Morgan fingerprint density at radius 1 is 1.05 bits per heavy atom. The number of fused-ring (bicyclic) bond motifs is 1. The largest absolute Gasteiger partial charge is 0.343 e. The summed E-state index contributed by atoms with van der Waals surface area (Å²) in [6.07, 6.45) is 5.84. The number of rotatable bonds is 5. The van der Waals surface area contributed by atoms with E-state index in [-0.39, 0.29) is 0 Å². The van der Waals surface area contributed by atoms with Crippen LogP contribution in [-0.4, -0.2) is 16.1 Å². The Labute approximate surface area is 119 Å². The van der Waals surface area contributed by atoms with Gasteiger partial charge in [0.05, 0.1) is 0 Å². The fourth-order valence-electron chi connectivity index (χ4n) is 2.43. The van der Waals surface area contributed by atoms with Crippen LogP contribution in [0.4, 0.5) is 0 Å². The third-order valence-electron chi connectivity index (χ3n) is 3.52. The average molecular weight is 265 g/mol. The highest BCUT2D eigenvalue weighted by Gasteiger charge is 2.03. The fraction of sp³-hybridized carbons (Fsp3) is 0.235. The van der Waals surface area contributed by atoms with Gasteiger partial charge in [0, 0.05) is 37.2 Å². The van der Waals surface area contributed by atoms with Crippen LogP contribution in [0, 0.1) is 0 Å². The molecule has 0 amide bonds. The van der Waals surface area contributed by atoms with Gasteiger partial charge in [0.15, 0.2) is 0 Å². The number of pyridine rings is 1. The Kier molecular flexibility index (Phi) is 3.79. The maximum Gasteiger partial charge on any atom is 0.0486 e. The molecule has 2 aromatic heterocycles. The van der Waals surface area contributed by atoms with Crippen LogP contribution in [-0.2, 0) is 13.1 Å². The van der Waals surface area contributed by atoms with Crippen molar-refractivity contribution in [3.63, 3.8) is 0 Å². The van der Waals surface area contributed by atoms with Gasteiger partial charge in [0.25, 0.3) is 0 Å². The van der Waals surface area contributed by atoms with E-state index in [1.54, 1.807) is 0 Å². The van der Waals surface area contributed by atoms with Crippen molar-refractivity contribution in [3.05, 3.63) is 66.1 Å². The number of nitrogens with zero attached hydrogens (tertiary/aromatic N) is 2. The van der Waals surface area contributed by atoms with Gasteiger partial charge in [-0.3, -0.25) is 4.98 Å². The molecule has 0 saturated heterocycles. The predicted molar refractivity (Wildman–Crippen MR) is 82.7 cm³/mol. The highest BCUT2D eigenvalue weighted by atomic mass is 15.0. The second kappa shape index (κ2) is 5.88. The van der Waals surface area contributed by atoms with Crippen LogP contribution in [0.1, 0.15) is 18.1 Å². The van der Waals surface area contributed by atoms with Gasteiger partial charge in [-0.1, -0.05) is 19.1 Å². The lowest BCUT2D eigenvalue weighted by atomic mass is 10.1. The summed E-state index contributed by atoms with van der Waals surface area (Å²) in [6, 6.07) is 13.0. The Bertz CT molecular complexity index is 686. The third kappa shape index (κ3) is 2.73. The van der Waals surface area contributed by atoms with Gasteiger partial charge >= 0.3 is 0 Å². The van der Waals surface area contributed by atoms with E-state index in [4.69, 9.17) is 0 Å². The van der Waals surface area contributed by atoms with Crippen molar-refractivity contribution in [2.24, 2.45) is 0 Å². The van der Waals surface area contributed by atoms with E-state index in [2.05, 4.69) is 64.4 Å². The summed E-state index contributed by atoms with van der Waals surface area (Å²) in [6.45, 7) is 4.93. The summed E-state index contributed by atoms with van der Waals surface area (Å²) in [5.74, 6) is 0. The van der Waals surface area contributed by atoms with Crippen LogP contribution in [0.15, 0.2) is 55.0 Å². The SMILES string of the molecule is CCNCc1ccc2ccn(Cc3ccncc3)c2c1. The summed E-state index contributed by atoms with van der Waals surface area (Å²) in [5, 5.41) is 4.66. The normalized spacial score (nSPS) is 11.1. The first-order valence-corrected chi connectivity index (χ1v) is 7.04. The molecule has 0 saturated carbocycles. The van der Waals surface area contributed by atoms with E-state index < -0.39 is 0 Å². The highest BCUT2D eigenvalue weighted by molar-refractivity contribution is 5.80. The molecule has 0 atom stereocenters. The lowest BCUT2D eigenvalue weighted by Gasteiger charge is -2.07. The zero-order chi connectivity index (χ0) is 13.8. The Morgan fingerprint density at radius 2 is 1.90 bits per heavy atom. The van der Waals surface area contributed by atoms with Crippen molar-refractivity contribution in [3.8, 4) is 0 Å². The number of hydrogen-bond acceptors (Lipinski definition) is 2. The molecule has 1 N–H and O–H groups in total. The van der Waals surface area contributed by atoms with E-state index in [1.807, 2.05) is 12.4 Å². The van der Waals surface area contributed by atoms with Crippen molar-refractivity contribution in [1.29, 1.82) is 0 Å². The Morgan fingerprint density at radius 3 is 2.70 bits per heavy atom. The maximum atomic E-state index is 4.07. The minimum atomic E-state index is 0.886. The summed E-state index contributed by atoms with van der Waals surface area (Å²) in [7, 11) is 0. The first-order valence-electron chi connectivity index (χ1n) is 7.04. The van der Waals surface area contributed by atoms with Gasteiger partial charge in [-0.25, -0.2) is 0 Å². The van der Waals surface area contributed by atoms with Crippen LogP contribution in [0.2, 0.25) is 0 Å². The van der Waals surface area contributed by atoms with Crippen LogP contribution in [0.25, 0.3) is 10.9 Å². The summed E-state index contributed by atoms with van der Waals surface area (Å²) in [5.41, 5.74) is 3.89. The molecular formula is C17H19N3. The molecule has 0 aliphatic heterocycles. The first-order chi connectivity index (χ1) is 9.86. The molecule has 0 unspecified atom stereocenters. The highest BCUT2D eigenvalue weighted by Crippen LogP contribution is 2.19. The smallest absolute Gasteiger partial charge is 0.0486 e. The fourth-order valence-corrected chi connectivity index (χ4v) is 2.43. The van der Waals surface area contributed by atoms with Crippen molar-refractivity contribution < 1.29 is 0 Å². The lowest BCUT2D eigenvalue weighted by molar-refractivity contribution is 0.726. The van der Waals surface area contributed by atoms with E-state index in [0.717, 1.165) is 19.6 Å². The molecule has 0 radical (unpaired) electrons. The molecule has 1 aromatic carbocycles. The summed E-state index contributed by atoms with van der Waals surface area (Å²) < 4.78 is 2.29. The molecule has 0 fully saturated rings. The van der Waals surface area contributed by atoms with Crippen molar-refractivity contribution >= 4 is 10.9 Å². The monoisotopic (exact) mass is 265 g/mol. The maximum absolute atomic E-state index is 4.07. The minimum Gasteiger partial charge on any atom is -0.343 e. The van der Waals surface area contributed by atoms with E-state index >= 15 is 0 Å². The number of aromatic nitrogens is 2. The quantitative estimate of drug-likeness (QED) is 0.768. The van der Waals surface area contributed by atoms with Crippen molar-refractivity contribution in [2.45, 2.75) is 20.0 Å². The van der Waals surface area contributed by atoms with Crippen LogP contribution >= 0.6 is 0 Å². The first kappa shape index (κ1) is 12.9. The molecular weight excluding hydrogens is 246 g/mol. The number of nitrogens with one attached hydrogen (secondary N) is 1. The summed E-state index contributed by atoms with van der Waals surface area (Å²) in [4.78, 5) is 4.07. The number of hydrogen-bond donors (Lipinski definition) is 1. The standard InChI is InChI=1S/C17H19N3/c1-2-18-12-15-3-4-16-7-10-20(17(16)11-15)13-14-5-8-19-9-6-14/h3-11,18H,2,12-13H2,1H3. The second-order valence-electron chi connectivity index (χ2n) is 4.97. The molecule has 102 valence electrons. The average Bonchev–Trinajstić information content (AvgIpc) is 2.89. The minimum absolute atomic E-state index is 0.886. The Hall–Kier alpha value is -2.13. The molecule has 0 spiro atoms. The topological polar surface area (TPSA) is 29.9 Å². The van der Waals surface area contributed by atoms with Crippen LogP contribution < -0.4 is 5.32 Å². The molecule has 3 nitrogen and oxygen atoms in total. The van der Waals surface area contributed by atoms with E-state index in [0.29, 0.717) is 0 Å². The molecule has 2 heterocycles. The molecule has 20 heavy (non-hydrogen) atoms. The van der Waals surface area contributed by atoms with E-state index in [1.165, 1.54) is 22.0 Å². The molecule has 0 aliphatic carbocycles. The molecule has 3 aromatic rings. The van der Waals surface area contributed by atoms with Crippen LogP contribution in [0.3, 0.4) is 0 Å². The second-order valence-corrected chi connectivity index (χ2v) is 4.97. The zero-order valence-electron chi connectivity index (χ0n) is 11.7. The zero-order valence-corrected chi connectivity index (χ0v) is 11.7. The van der Waals surface area contributed by atoms with Crippen molar-refractivity contribution in [2.75, 3.05) is 6.54 Å². The third-order valence-corrected chi connectivity index (χ3v) is 3.52. The molecule has 0 bridgehead atoms. The summed E-state index contributed by atoms with van der Waals surface area (Å²) >= 11 is 0. The number of benzene rings is 1. The van der Waals surface area contributed by atoms with Gasteiger partial charge < -0.3 is 9.88 Å². The van der Waals surface area contributed by atoms with Gasteiger partial charge in [0.1, 0.15) is 0 Å². The lowest BCUT2D eigenvalue weighted by Crippen LogP contribution is -2.11. The molecule has 3 rings (SSSR count). The van der Waals surface area contributed by atoms with E-state index in [9.17, 15) is 0 Å². The van der Waals surface area contributed by atoms with Gasteiger partial charge in [-0.05, 0) is 47.3 Å². The Balaban J connectivity index is 1.90. The van der Waals surface area contributed by atoms with Gasteiger partial charge in [-0.2, -0.15) is 0 Å². The van der Waals surface area contributed by atoms with Crippen LogP contribution in [0.5, 0.6) is 0 Å². The molecule has 3 heteroatoms. The predicted octanol–water partition coefficient (Wildman–Crippen LogP) is 3.19. The van der Waals surface area contributed by atoms with Gasteiger partial charge in [-0.15, -0.1) is 0 Å². The van der Waals surface area contributed by atoms with Crippen molar-refractivity contribution in [1.82, 2.24) is 14.9 Å². The van der Waals surface area contributed by atoms with Gasteiger partial charge in [0.2, 0.25) is 0 Å².